The number of carboxylic acids is 2. The summed E-state index contributed by atoms with van der Waals surface area (Å²) in [4.78, 5) is 21.1. The third-order valence-corrected chi connectivity index (χ3v) is 5.59. The van der Waals surface area contributed by atoms with Crippen LogP contribution in [0.5, 0.6) is 0 Å². The highest BCUT2D eigenvalue weighted by molar-refractivity contribution is 5.72. The number of hydrogen-bond donors (Lipinski definition) is 10. The number of aliphatic carboxylic acids is 2. The van der Waals surface area contributed by atoms with Crippen molar-refractivity contribution in [3.05, 3.63) is 24.3 Å². The van der Waals surface area contributed by atoms with Gasteiger partial charge in [0.2, 0.25) is 0 Å². The number of rotatable bonds is 6. The monoisotopic (exact) mass is 524 g/mol. The molecule has 0 aromatic carbocycles. The minimum Gasteiger partial charge on any atom is -0.481 e. The van der Waals surface area contributed by atoms with Crippen molar-refractivity contribution in [3.8, 4) is 0 Å². The minimum absolute atomic E-state index is 0.0741. The predicted molar refractivity (Wildman–Crippen MR) is 130 cm³/mol. The lowest BCUT2D eigenvalue weighted by atomic mass is 9.94. The first-order chi connectivity index (χ1) is 17.2. The van der Waals surface area contributed by atoms with Crippen LogP contribution >= 0.6 is 0 Å². The molecule has 0 radical (unpaired) electrons. The quantitative estimate of drug-likeness (QED) is 0.178. The molecule has 212 valence electrons. The van der Waals surface area contributed by atoms with Crippen LogP contribution in [0.1, 0.15) is 25.7 Å². The van der Waals surface area contributed by atoms with Crippen molar-refractivity contribution in [1.82, 2.24) is 0 Å². The average Bonchev–Trinajstić information content (AvgIpc) is 3.72. The molecule has 2 saturated carbocycles. The molecule has 6 atom stereocenters. The smallest absolute Gasteiger partial charge is 0.307 e. The number of hydrogen-bond acceptors (Lipinski definition) is 10. The Balaban J connectivity index is 0. The molecule has 10 N–H and O–H groups in total. The van der Waals surface area contributed by atoms with E-state index in [1.807, 2.05) is 0 Å². The van der Waals surface area contributed by atoms with Crippen molar-refractivity contribution in [1.29, 1.82) is 0 Å². The Bertz CT molecular complexity index is 542. The van der Waals surface area contributed by atoms with E-state index in [0.717, 1.165) is 25.7 Å². The Morgan fingerprint density at radius 1 is 0.472 bits per heavy atom. The molecule has 4 bridgehead atoms. The van der Waals surface area contributed by atoms with Gasteiger partial charge in [0, 0.05) is 0 Å². The first-order valence-corrected chi connectivity index (χ1v) is 11.9. The van der Waals surface area contributed by atoms with Crippen LogP contribution in [-0.2, 0) is 9.59 Å². The molecule has 0 heterocycles. The highest BCUT2D eigenvalue weighted by atomic mass is 16.4. The Kier molecular flexibility index (Phi) is 23.7. The molecule has 12 nitrogen and oxygen atoms in total. The van der Waals surface area contributed by atoms with Gasteiger partial charge >= 0.3 is 11.9 Å². The maximum Gasteiger partial charge on any atom is 0.307 e. The zero-order valence-corrected chi connectivity index (χ0v) is 20.5. The van der Waals surface area contributed by atoms with Crippen LogP contribution in [0.4, 0.5) is 0 Å². The summed E-state index contributed by atoms with van der Waals surface area (Å²) >= 11 is 0. The Morgan fingerprint density at radius 3 is 0.806 bits per heavy atom. The minimum atomic E-state index is -0.614. The van der Waals surface area contributed by atoms with Crippen LogP contribution < -0.4 is 0 Å². The van der Waals surface area contributed by atoms with Crippen molar-refractivity contribution in [2.24, 2.45) is 35.5 Å². The molecule has 0 amide bonds. The van der Waals surface area contributed by atoms with E-state index in [0.29, 0.717) is 23.7 Å². The maximum atomic E-state index is 10.6. The summed E-state index contributed by atoms with van der Waals surface area (Å²) in [6.07, 6.45) is 12.3. The number of allylic oxidation sites excluding steroid dienone is 4. The lowest BCUT2D eigenvalue weighted by Gasteiger charge is -2.11. The van der Waals surface area contributed by atoms with Gasteiger partial charge in [-0.25, -0.2) is 0 Å². The normalized spacial score (nSPS) is 27.0. The fourth-order valence-electron chi connectivity index (χ4n) is 4.13. The van der Waals surface area contributed by atoms with Crippen molar-refractivity contribution >= 4 is 11.9 Å². The van der Waals surface area contributed by atoms with E-state index in [4.69, 9.17) is 51.1 Å². The first kappa shape index (κ1) is 36.3. The summed E-state index contributed by atoms with van der Waals surface area (Å²) in [5.74, 6) is 0.473. The molecule has 0 saturated heterocycles. The van der Waals surface area contributed by atoms with Gasteiger partial charge in [-0.05, 0) is 49.4 Å². The number of carboxylic acid groups (broad SMARTS) is 2. The summed E-state index contributed by atoms with van der Waals surface area (Å²) in [6.45, 7) is -1.00. The third kappa shape index (κ3) is 16.0. The summed E-state index contributed by atoms with van der Waals surface area (Å²) in [6, 6.07) is 0. The van der Waals surface area contributed by atoms with Gasteiger partial charge in [0.1, 0.15) is 0 Å². The largest absolute Gasteiger partial charge is 0.481 e. The van der Waals surface area contributed by atoms with E-state index in [1.54, 1.807) is 0 Å². The lowest BCUT2D eigenvalue weighted by Crippen LogP contribution is -2.17. The zero-order valence-electron chi connectivity index (χ0n) is 20.5. The summed E-state index contributed by atoms with van der Waals surface area (Å²) in [5, 5.41) is 78.4. The Hall–Kier alpha value is -1.90. The number of aliphatic hydroxyl groups is 8. The van der Waals surface area contributed by atoms with Crippen molar-refractivity contribution in [3.63, 3.8) is 0 Å². The lowest BCUT2D eigenvalue weighted by molar-refractivity contribution is -0.143. The van der Waals surface area contributed by atoms with E-state index in [2.05, 4.69) is 24.3 Å². The molecule has 12 heteroatoms. The van der Waals surface area contributed by atoms with Crippen molar-refractivity contribution in [2.75, 3.05) is 52.9 Å². The number of carbonyl (C=O) groups is 2. The van der Waals surface area contributed by atoms with E-state index in [-0.39, 0.29) is 64.7 Å². The fraction of sp³-hybridized carbons (Fsp3) is 0.750. The number of aliphatic hydroxyl groups excluding tert-OH is 8. The summed E-state index contributed by atoms with van der Waals surface area (Å²) in [5.41, 5.74) is 0. The van der Waals surface area contributed by atoms with Gasteiger partial charge < -0.3 is 51.1 Å². The molecule has 4 aliphatic carbocycles. The maximum absolute atomic E-state index is 10.6. The average molecular weight is 525 g/mol. The van der Waals surface area contributed by atoms with E-state index < -0.39 is 11.9 Å². The van der Waals surface area contributed by atoms with Gasteiger partial charge in [0.05, 0.1) is 64.7 Å². The van der Waals surface area contributed by atoms with Crippen LogP contribution in [0.25, 0.3) is 0 Å². The molecule has 2 fully saturated rings. The van der Waals surface area contributed by atoms with Crippen molar-refractivity contribution < 1.29 is 60.7 Å². The molecular weight excluding hydrogens is 480 g/mol. The van der Waals surface area contributed by atoms with Gasteiger partial charge in [-0.1, -0.05) is 24.3 Å². The molecule has 0 aliphatic heterocycles. The molecule has 4 aliphatic rings. The highest BCUT2D eigenvalue weighted by Gasteiger charge is 2.40. The SMILES string of the molecule is O=C(O)C1CC2C=CC1C2.O=C(O)C1CC2C=CC1C2.OCCO.OCCO.OCCO.OCCO. The fourth-order valence-corrected chi connectivity index (χ4v) is 4.13. The first-order valence-electron chi connectivity index (χ1n) is 11.9. The molecule has 4 rings (SSSR count). The van der Waals surface area contributed by atoms with Crippen molar-refractivity contribution in [2.45, 2.75) is 25.7 Å². The van der Waals surface area contributed by atoms with Gasteiger partial charge in [0.25, 0.3) is 0 Å². The van der Waals surface area contributed by atoms with E-state index in [9.17, 15) is 9.59 Å². The standard InChI is InChI=1S/2C8H10O2.4C2H6O2/c2*9-8(10)7-4-5-1-2-6(7)3-5;4*3-1-2-4/h2*1-2,5-7H,3-4H2,(H,9,10);4*3-4H,1-2H2. The molecular formula is C24H44O12. The molecule has 6 unspecified atom stereocenters. The van der Waals surface area contributed by atoms with Gasteiger partial charge in [-0.3, -0.25) is 9.59 Å². The van der Waals surface area contributed by atoms with Gasteiger partial charge in [0.15, 0.2) is 0 Å². The molecule has 36 heavy (non-hydrogen) atoms. The summed E-state index contributed by atoms with van der Waals surface area (Å²) in [7, 11) is 0. The topological polar surface area (TPSA) is 236 Å². The van der Waals surface area contributed by atoms with Gasteiger partial charge in [-0.15, -0.1) is 0 Å². The van der Waals surface area contributed by atoms with E-state index in [1.165, 1.54) is 0 Å². The van der Waals surface area contributed by atoms with Crippen LogP contribution in [0.2, 0.25) is 0 Å². The second-order valence-electron chi connectivity index (χ2n) is 8.24. The number of fused-ring (bicyclic) bond motifs is 4. The molecule has 0 aromatic heterocycles. The Labute approximate surface area is 211 Å². The van der Waals surface area contributed by atoms with Crippen LogP contribution in [-0.4, -0.2) is 116 Å². The second-order valence-corrected chi connectivity index (χ2v) is 8.24. The van der Waals surface area contributed by atoms with Crippen LogP contribution in [0, 0.1) is 35.5 Å². The van der Waals surface area contributed by atoms with E-state index >= 15 is 0 Å². The van der Waals surface area contributed by atoms with Crippen LogP contribution in [0.15, 0.2) is 24.3 Å². The Morgan fingerprint density at radius 2 is 0.722 bits per heavy atom. The second kappa shape index (κ2) is 23.5. The third-order valence-electron chi connectivity index (χ3n) is 5.59. The zero-order chi connectivity index (χ0) is 27.9. The highest BCUT2D eigenvalue weighted by Crippen LogP contribution is 2.44. The molecule has 0 aromatic rings. The van der Waals surface area contributed by atoms with Gasteiger partial charge in [-0.2, -0.15) is 0 Å². The summed E-state index contributed by atoms with van der Waals surface area (Å²) < 4.78 is 0. The van der Waals surface area contributed by atoms with Crippen LogP contribution in [0.3, 0.4) is 0 Å². The molecule has 0 spiro atoms. The predicted octanol–water partition coefficient (Wildman–Crippen LogP) is -1.55.